The molecule has 0 saturated heterocycles. The van der Waals surface area contributed by atoms with Crippen molar-refractivity contribution in [1.82, 2.24) is 4.98 Å². The fourth-order valence-electron chi connectivity index (χ4n) is 2.05. The topological polar surface area (TPSA) is 85.4 Å². The van der Waals surface area contributed by atoms with Gasteiger partial charge < -0.3 is 10.1 Å². The highest BCUT2D eigenvalue weighted by Crippen LogP contribution is 2.32. The molecule has 1 N–H and O–H groups in total. The van der Waals surface area contributed by atoms with Crippen LogP contribution in [0.25, 0.3) is 0 Å². The van der Waals surface area contributed by atoms with Crippen molar-refractivity contribution in [1.29, 1.82) is 0 Å². The van der Waals surface area contributed by atoms with E-state index in [2.05, 4.69) is 10.3 Å². The third-order valence-corrected chi connectivity index (χ3v) is 5.03. The maximum Gasteiger partial charge on any atom is 0.417 e. The maximum atomic E-state index is 12.6. The number of rotatable bonds is 6. The Hall–Kier alpha value is -2.46. The van der Waals surface area contributed by atoms with Gasteiger partial charge in [-0.15, -0.1) is 0 Å². The van der Waals surface area contributed by atoms with Crippen molar-refractivity contribution in [3.8, 4) is 0 Å². The summed E-state index contributed by atoms with van der Waals surface area (Å²) in [6.07, 6.45) is -4.11. The Bertz CT molecular complexity index is 922. The van der Waals surface area contributed by atoms with Crippen LogP contribution in [0.3, 0.4) is 0 Å². The molecule has 0 radical (unpaired) electrons. The minimum Gasteiger partial charge on any atom is -0.452 e. The van der Waals surface area contributed by atoms with Gasteiger partial charge in [0.2, 0.25) is 0 Å². The number of carbonyl (C=O) groups excluding carboxylic acids is 2. The molecule has 0 aliphatic rings. The first-order valence-electron chi connectivity index (χ1n) is 7.80. The van der Waals surface area contributed by atoms with Crippen LogP contribution in [0.1, 0.15) is 22.8 Å². The van der Waals surface area contributed by atoms with Crippen LogP contribution in [0.15, 0.2) is 41.4 Å². The molecule has 1 amide bonds. The van der Waals surface area contributed by atoms with E-state index in [0.717, 1.165) is 0 Å². The second kappa shape index (κ2) is 9.16. The molecule has 1 unspecified atom stereocenters. The van der Waals surface area contributed by atoms with E-state index < -0.39 is 46.0 Å². The van der Waals surface area contributed by atoms with Gasteiger partial charge in [0.25, 0.3) is 5.91 Å². The number of aromatic nitrogens is 1. The summed E-state index contributed by atoms with van der Waals surface area (Å²) in [4.78, 5) is 27.8. The smallest absolute Gasteiger partial charge is 0.417 e. The van der Waals surface area contributed by atoms with Crippen LogP contribution < -0.4 is 5.32 Å². The molecule has 1 aromatic heterocycles. The second-order valence-corrected chi connectivity index (χ2v) is 7.42. The van der Waals surface area contributed by atoms with Gasteiger partial charge >= 0.3 is 12.1 Å². The number of ether oxygens (including phenoxy) is 1. The van der Waals surface area contributed by atoms with E-state index in [9.17, 15) is 27.0 Å². The standard InChI is InChI=1S/C17H14ClF3N2O4S/c1-2-28(26)13-6-4-3-5-11(13)16(25)27-9-14(24)23-15-12(18)7-10(8-22-15)17(19,20)21/h3-8H,2,9H2,1H3,(H,22,23,24). The number of nitrogens with zero attached hydrogens (tertiary/aromatic N) is 1. The Labute approximate surface area is 165 Å². The lowest BCUT2D eigenvalue weighted by Crippen LogP contribution is -2.22. The van der Waals surface area contributed by atoms with Crippen LogP contribution in [-0.2, 0) is 26.5 Å². The Balaban J connectivity index is 2.02. The molecule has 0 fully saturated rings. The van der Waals surface area contributed by atoms with Gasteiger partial charge in [-0.25, -0.2) is 9.78 Å². The molecule has 0 aliphatic heterocycles. The van der Waals surface area contributed by atoms with Crippen molar-refractivity contribution < 1.29 is 31.7 Å². The highest BCUT2D eigenvalue weighted by Gasteiger charge is 2.31. The number of carbonyl (C=O) groups is 2. The number of nitrogens with one attached hydrogen (secondary N) is 1. The van der Waals surface area contributed by atoms with E-state index in [0.29, 0.717) is 18.0 Å². The molecule has 2 aromatic rings. The zero-order chi connectivity index (χ0) is 20.9. The summed E-state index contributed by atoms with van der Waals surface area (Å²) in [6, 6.07) is 6.72. The number of anilines is 1. The molecule has 0 spiro atoms. The third kappa shape index (κ3) is 5.52. The Kier molecular flexibility index (Phi) is 7.14. The average molecular weight is 435 g/mol. The van der Waals surface area contributed by atoms with E-state index in [-0.39, 0.29) is 16.3 Å². The maximum absolute atomic E-state index is 12.6. The summed E-state index contributed by atoms with van der Waals surface area (Å²) in [6.45, 7) is 0.956. The van der Waals surface area contributed by atoms with Gasteiger partial charge in [-0.05, 0) is 18.2 Å². The molecule has 0 aliphatic carbocycles. The first-order valence-corrected chi connectivity index (χ1v) is 9.50. The lowest BCUT2D eigenvalue weighted by molar-refractivity contribution is -0.137. The molecule has 28 heavy (non-hydrogen) atoms. The highest BCUT2D eigenvalue weighted by molar-refractivity contribution is 7.85. The molecule has 2 rings (SSSR count). The summed E-state index contributed by atoms with van der Waals surface area (Å²) >= 11 is 5.69. The van der Waals surface area contributed by atoms with E-state index >= 15 is 0 Å². The summed E-state index contributed by atoms with van der Waals surface area (Å²) in [5, 5.41) is 1.74. The molecule has 1 aromatic carbocycles. The van der Waals surface area contributed by atoms with Crippen LogP contribution in [-0.4, -0.2) is 33.4 Å². The summed E-state index contributed by atoms with van der Waals surface area (Å²) in [7, 11) is -1.40. The Morgan fingerprint density at radius 2 is 1.96 bits per heavy atom. The third-order valence-electron chi connectivity index (χ3n) is 3.38. The Morgan fingerprint density at radius 1 is 1.29 bits per heavy atom. The number of alkyl halides is 3. The first kappa shape index (κ1) is 21.8. The van der Waals surface area contributed by atoms with Crippen LogP contribution in [0.5, 0.6) is 0 Å². The molecule has 11 heteroatoms. The van der Waals surface area contributed by atoms with Gasteiger partial charge in [-0.2, -0.15) is 13.2 Å². The number of benzene rings is 1. The number of amides is 1. The highest BCUT2D eigenvalue weighted by atomic mass is 35.5. The molecule has 150 valence electrons. The normalized spacial score (nSPS) is 12.3. The second-order valence-electron chi connectivity index (χ2n) is 5.31. The van der Waals surface area contributed by atoms with Crippen LogP contribution >= 0.6 is 11.6 Å². The van der Waals surface area contributed by atoms with Gasteiger partial charge in [0.1, 0.15) is 0 Å². The van der Waals surface area contributed by atoms with Gasteiger partial charge in [-0.1, -0.05) is 30.7 Å². The van der Waals surface area contributed by atoms with E-state index in [1.54, 1.807) is 19.1 Å². The summed E-state index contributed by atoms with van der Waals surface area (Å²) in [5.41, 5.74) is -1.01. The predicted molar refractivity (Wildman–Crippen MR) is 96.6 cm³/mol. The van der Waals surface area contributed by atoms with Crippen molar-refractivity contribution in [3.63, 3.8) is 0 Å². The summed E-state index contributed by atoms with van der Waals surface area (Å²) < 4.78 is 54.6. The fourth-order valence-corrected chi connectivity index (χ4v) is 3.20. The lowest BCUT2D eigenvalue weighted by atomic mass is 10.2. The fraction of sp³-hybridized carbons (Fsp3) is 0.235. The molecular weight excluding hydrogens is 421 g/mol. The molecule has 0 saturated carbocycles. The van der Waals surface area contributed by atoms with Crippen molar-refractivity contribution in [2.45, 2.75) is 18.0 Å². The predicted octanol–water partition coefficient (Wildman–Crippen LogP) is 3.68. The van der Waals surface area contributed by atoms with Crippen LogP contribution in [0, 0.1) is 0 Å². The molecule has 1 atom stereocenters. The number of hydrogen-bond donors (Lipinski definition) is 1. The number of esters is 1. The lowest BCUT2D eigenvalue weighted by Gasteiger charge is -2.11. The minimum absolute atomic E-state index is 0.0566. The molecule has 6 nitrogen and oxygen atoms in total. The largest absolute Gasteiger partial charge is 0.452 e. The van der Waals surface area contributed by atoms with Gasteiger partial charge in [0.05, 0.1) is 31.8 Å². The van der Waals surface area contributed by atoms with E-state index in [1.165, 1.54) is 12.1 Å². The monoisotopic (exact) mass is 434 g/mol. The zero-order valence-electron chi connectivity index (χ0n) is 14.4. The van der Waals surface area contributed by atoms with Crippen LogP contribution in [0.2, 0.25) is 5.02 Å². The number of halogens is 4. The van der Waals surface area contributed by atoms with E-state index in [1.807, 2.05) is 0 Å². The van der Waals surface area contributed by atoms with Crippen molar-refractivity contribution in [2.24, 2.45) is 0 Å². The first-order chi connectivity index (χ1) is 13.1. The van der Waals surface area contributed by atoms with Crippen molar-refractivity contribution in [3.05, 3.63) is 52.7 Å². The van der Waals surface area contributed by atoms with Crippen LogP contribution in [0.4, 0.5) is 19.0 Å². The van der Waals surface area contributed by atoms with Gasteiger partial charge in [-0.3, -0.25) is 9.00 Å². The molecular formula is C17H14ClF3N2O4S. The molecule has 0 bridgehead atoms. The van der Waals surface area contributed by atoms with Gasteiger partial charge in [0.15, 0.2) is 12.4 Å². The van der Waals surface area contributed by atoms with Crippen molar-refractivity contribution >= 4 is 40.1 Å². The number of hydrogen-bond acceptors (Lipinski definition) is 5. The quantitative estimate of drug-likeness (QED) is 0.701. The van der Waals surface area contributed by atoms with Gasteiger partial charge in [0, 0.05) is 11.9 Å². The Morgan fingerprint density at radius 3 is 2.57 bits per heavy atom. The SMILES string of the molecule is CCS(=O)c1ccccc1C(=O)OCC(=O)Nc1ncc(C(F)(F)F)cc1Cl. The molecule has 1 heterocycles. The zero-order valence-corrected chi connectivity index (χ0v) is 16.0. The average Bonchev–Trinajstić information content (AvgIpc) is 2.66. The van der Waals surface area contributed by atoms with Crippen molar-refractivity contribution in [2.75, 3.05) is 17.7 Å². The number of pyridine rings is 1. The summed E-state index contributed by atoms with van der Waals surface area (Å²) in [5.74, 6) is -1.72. The minimum atomic E-state index is -4.62. The van der Waals surface area contributed by atoms with E-state index in [4.69, 9.17) is 16.3 Å².